The van der Waals surface area contributed by atoms with E-state index in [0.717, 1.165) is 4.68 Å². The number of aliphatic hydroxyl groups excluding tert-OH is 1. The Hall–Kier alpha value is -1.06. The molecule has 0 saturated carbocycles. The van der Waals surface area contributed by atoms with Gasteiger partial charge in [-0.2, -0.15) is 18.3 Å². The fourth-order valence-corrected chi connectivity index (χ4v) is 2.16. The van der Waals surface area contributed by atoms with Gasteiger partial charge in [-0.15, -0.1) is 0 Å². The minimum atomic E-state index is -4.62. The molecule has 1 aliphatic heterocycles. The first kappa shape index (κ1) is 17.3. The molecule has 2 heterocycles. The molecule has 5 nitrogen and oxygen atoms in total. The Morgan fingerprint density at radius 1 is 1.27 bits per heavy atom. The minimum absolute atomic E-state index is 0.0391. The Morgan fingerprint density at radius 2 is 1.77 bits per heavy atom. The largest absolute Gasteiger partial charge is 0.498 e. The van der Waals surface area contributed by atoms with Gasteiger partial charge in [0.1, 0.15) is 0 Å². The lowest BCUT2D eigenvalue weighted by molar-refractivity contribution is -0.140. The first-order valence-corrected chi connectivity index (χ1v) is 7.02. The highest BCUT2D eigenvalue weighted by Gasteiger charge is 2.54. The number of nitrogens with zero attached hydrogens (tertiary/aromatic N) is 2. The third kappa shape index (κ3) is 3.16. The van der Waals surface area contributed by atoms with Gasteiger partial charge in [0.2, 0.25) is 0 Å². The number of aromatic nitrogens is 2. The van der Waals surface area contributed by atoms with Gasteiger partial charge in [0.05, 0.1) is 23.9 Å². The van der Waals surface area contributed by atoms with Gasteiger partial charge >= 0.3 is 13.3 Å². The molecule has 1 aromatic heterocycles. The minimum Gasteiger partial charge on any atom is -0.399 e. The van der Waals surface area contributed by atoms with Crippen LogP contribution in [0.25, 0.3) is 0 Å². The second kappa shape index (κ2) is 5.24. The highest BCUT2D eigenvalue weighted by Crippen LogP contribution is 2.37. The first-order valence-electron chi connectivity index (χ1n) is 7.02. The molecule has 1 fully saturated rings. The van der Waals surface area contributed by atoms with Crippen molar-refractivity contribution in [2.75, 3.05) is 0 Å². The third-order valence-electron chi connectivity index (χ3n) is 4.02. The molecule has 124 valence electrons. The van der Waals surface area contributed by atoms with Crippen molar-refractivity contribution in [3.8, 4) is 0 Å². The molecule has 1 N–H and O–H groups in total. The van der Waals surface area contributed by atoms with Crippen LogP contribution in [0.5, 0.6) is 0 Å². The smallest absolute Gasteiger partial charge is 0.399 e. The lowest BCUT2D eigenvalue weighted by Crippen LogP contribution is -2.41. The van der Waals surface area contributed by atoms with Crippen LogP contribution < -0.4 is 5.46 Å². The third-order valence-corrected chi connectivity index (χ3v) is 4.02. The summed E-state index contributed by atoms with van der Waals surface area (Å²) in [5.41, 5.74) is -2.71. The summed E-state index contributed by atoms with van der Waals surface area (Å²) in [5.74, 6) is 0. The Bertz CT molecular complexity index is 539. The van der Waals surface area contributed by atoms with E-state index in [1.165, 1.54) is 13.1 Å². The van der Waals surface area contributed by atoms with Crippen molar-refractivity contribution in [1.82, 2.24) is 9.78 Å². The number of rotatable bonds is 3. The van der Waals surface area contributed by atoms with Crippen molar-refractivity contribution in [3.05, 3.63) is 11.9 Å². The quantitative estimate of drug-likeness (QED) is 0.859. The fourth-order valence-electron chi connectivity index (χ4n) is 2.16. The van der Waals surface area contributed by atoms with E-state index in [1.54, 1.807) is 27.7 Å². The second-order valence-corrected chi connectivity index (χ2v) is 6.59. The van der Waals surface area contributed by atoms with Crippen LogP contribution in [0.1, 0.15) is 40.3 Å². The molecule has 0 spiro atoms. The SMILES string of the molecule is CC(O)Cn1cc(B2OC(C)(C)C(C)(C)O2)c(C(F)(F)F)n1. The normalized spacial score (nSPS) is 22.1. The van der Waals surface area contributed by atoms with Crippen LogP contribution in [-0.2, 0) is 22.0 Å². The summed E-state index contributed by atoms with van der Waals surface area (Å²) in [6, 6.07) is 0. The Balaban J connectivity index is 2.40. The van der Waals surface area contributed by atoms with Crippen LogP contribution in [-0.4, -0.2) is 39.3 Å². The zero-order chi connectivity index (χ0) is 16.9. The van der Waals surface area contributed by atoms with Gasteiger partial charge in [0.15, 0.2) is 5.69 Å². The zero-order valence-electron chi connectivity index (χ0n) is 13.2. The predicted octanol–water partition coefficient (Wildman–Crippen LogP) is 1.58. The highest BCUT2D eigenvalue weighted by atomic mass is 19.4. The van der Waals surface area contributed by atoms with Crippen LogP contribution in [0.4, 0.5) is 13.2 Å². The summed E-state index contributed by atoms with van der Waals surface area (Å²) in [7, 11) is -1.15. The molecule has 1 atom stereocenters. The summed E-state index contributed by atoms with van der Waals surface area (Å²) in [4.78, 5) is 0. The van der Waals surface area contributed by atoms with Gasteiger partial charge in [0, 0.05) is 11.7 Å². The maximum Gasteiger partial charge on any atom is 0.498 e. The molecule has 0 aliphatic carbocycles. The van der Waals surface area contributed by atoms with Gasteiger partial charge in [0.25, 0.3) is 0 Å². The maximum atomic E-state index is 13.2. The van der Waals surface area contributed by atoms with Gasteiger partial charge in [-0.05, 0) is 34.6 Å². The molecule has 0 amide bonds. The number of alkyl halides is 3. The van der Waals surface area contributed by atoms with Gasteiger partial charge in [-0.3, -0.25) is 4.68 Å². The molecular formula is C13H20BF3N2O3. The van der Waals surface area contributed by atoms with Crippen LogP contribution in [0.3, 0.4) is 0 Å². The molecule has 2 rings (SSSR count). The van der Waals surface area contributed by atoms with Crippen molar-refractivity contribution in [1.29, 1.82) is 0 Å². The average Bonchev–Trinajstić information content (AvgIpc) is 2.77. The van der Waals surface area contributed by atoms with Gasteiger partial charge in [-0.1, -0.05) is 0 Å². The van der Waals surface area contributed by atoms with Crippen LogP contribution >= 0.6 is 0 Å². The van der Waals surface area contributed by atoms with E-state index in [-0.39, 0.29) is 12.0 Å². The average molecular weight is 320 g/mol. The van der Waals surface area contributed by atoms with E-state index < -0.39 is 36.3 Å². The summed E-state index contributed by atoms with van der Waals surface area (Å²) in [5, 5.41) is 12.9. The fraction of sp³-hybridized carbons (Fsp3) is 0.769. The molecular weight excluding hydrogens is 300 g/mol. The first-order chi connectivity index (χ1) is 9.83. The molecule has 1 unspecified atom stereocenters. The monoisotopic (exact) mass is 320 g/mol. The number of aliphatic hydroxyl groups is 1. The Labute approximate surface area is 127 Å². The van der Waals surface area contributed by atoms with Crippen LogP contribution in [0.15, 0.2) is 6.20 Å². The number of halogens is 3. The standard InChI is InChI=1S/C13H20BF3N2O3/c1-8(20)6-19-7-9(10(18-19)13(15,16)17)14-21-11(2,3)12(4,5)22-14/h7-8,20H,6H2,1-5H3. The molecule has 0 bridgehead atoms. The molecule has 1 aromatic rings. The summed E-state index contributed by atoms with van der Waals surface area (Å²) < 4.78 is 52.0. The Kier molecular flexibility index (Phi) is 4.12. The predicted molar refractivity (Wildman–Crippen MR) is 74.6 cm³/mol. The molecule has 1 saturated heterocycles. The highest BCUT2D eigenvalue weighted by molar-refractivity contribution is 6.62. The zero-order valence-corrected chi connectivity index (χ0v) is 13.2. The van der Waals surface area contributed by atoms with Crippen molar-refractivity contribution in [3.63, 3.8) is 0 Å². The van der Waals surface area contributed by atoms with E-state index in [4.69, 9.17) is 9.31 Å². The molecule has 1 aliphatic rings. The van der Waals surface area contributed by atoms with E-state index in [0.29, 0.717) is 0 Å². The lowest BCUT2D eigenvalue weighted by Gasteiger charge is -2.32. The van der Waals surface area contributed by atoms with Gasteiger partial charge < -0.3 is 14.4 Å². The van der Waals surface area contributed by atoms with E-state index in [9.17, 15) is 18.3 Å². The topological polar surface area (TPSA) is 56.5 Å². The van der Waals surface area contributed by atoms with Crippen molar-refractivity contribution < 1.29 is 27.6 Å². The van der Waals surface area contributed by atoms with Crippen LogP contribution in [0, 0.1) is 0 Å². The summed E-state index contributed by atoms with van der Waals surface area (Å²) in [6.07, 6.45) is -4.22. The van der Waals surface area contributed by atoms with E-state index >= 15 is 0 Å². The molecule has 0 aromatic carbocycles. The summed E-state index contributed by atoms with van der Waals surface area (Å²) >= 11 is 0. The van der Waals surface area contributed by atoms with E-state index in [1.807, 2.05) is 0 Å². The molecule has 9 heteroatoms. The second-order valence-electron chi connectivity index (χ2n) is 6.59. The maximum absolute atomic E-state index is 13.2. The Morgan fingerprint density at radius 3 is 2.18 bits per heavy atom. The lowest BCUT2D eigenvalue weighted by atomic mass is 9.79. The van der Waals surface area contributed by atoms with Crippen LogP contribution in [0.2, 0.25) is 0 Å². The number of hydrogen-bond acceptors (Lipinski definition) is 4. The van der Waals surface area contributed by atoms with Crippen molar-refractivity contribution >= 4 is 12.6 Å². The summed E-state index contributed by atoms with van der Waals surface area (Å²) in [6.45, 7) is 8.49. The number of hydrogen-bond donors (Lipinski definition) is 1. The molecule has 22 heavy (non-hydrogen) atoms. The van der Waals surface area contributed by atoms with E-state index in [2.05, 4.69) is 5.10 Å². The molecule has 0 radical (unpaired) electrons. The van der Waals surface area contributed by atoms with Crippen molar-refractivity contribution in [2.45, 2.75) is 64.6 Å². The van der Waals surface area contributed by atoms with Gasteiger partial charge in [-0.25, -0.2) is 0 Å². The van der Waals surface area contributed by atoms with Crippen molar-refractivity contribution in [2.24, 2.45) is 0 Å².